The van der Waals surface area contributed by atoms with Crippen LogP contribution in [-0.4, -0.2) is 50.0 Å². The Morgan fingerprint density at radius 3 is 2.69 bits per heavy atom. The molecule has 1 fully saturated rings. The zero-order valence-electron chi connectivity index (χ0n) is 15.4. The lowest BCUT2D eigenvalue weighted by Gasteiger charge is -2.28. The molecule has 0 unspecified atom stereocenters. The number of halogens is 1. The normalized spacial score (nSPS) is 14.0. The second kappa shape index (κ2) is 9.85. The SMILES string of the molecule is O=C(CO/N=C\c1ccc(N2CCOCC2)c([N+](=O)[O-])c1)Nc1ccc(Cl)cc1. The molecule has 29 heavy (non-hydrogen) atoms. The zero-order valence-corrected chi connectivity index (χ0v) is 16.2. The van der Waals surface area contributed by atoms with Gasteiger partial charge in [-0.1, -0.05) is 22.8 Å². The highest BCUT2D eigenvalue weighted by atomic mass is 35.5. The maximum absolute atomic E-state index is 11.8. The topological polar surface area (TPSA) is 106 Å². The van der Waals surface area contributed by atoms with Crippen LogP contribution in [0.2, 0.25) is 5.02 Å². The van der Waals surface area contributed by atoms with Gasteiger partial charge in [-0.2, -0.15) is 0 Å². The zero-order chi connectivity index (χ0) is 20.6. The molecule has 0 saturated carbocycles. The van der Waals surface area contributed by atoms with Gasteiger partial charge in [-0.15, -0.1) is 0 Å². The average molecular weight is 419 g/mol. The Balaban J connectivity index is 1.57. The van der Waals surface area contributed by atoms with E-state index in [2.05, 4.69) is 10.5 Å². The first-order valence-corrected chi connectivity index (χ1v) is 9.22. The van der Waals surface area contributed by atoms with Crippen molar-refractivity contribution in [3.05, 3.63) is 63.2 Å². The second-order valence-corrected chi connectivity index (χ2v) is 6.60. The molecule has 9 nitrogen and oxygen atoms in total. The fourth-order valence-electron chi connectivity index (χ4n) is 2.76. The monoisotopic (exact) mass is 418 g/mol. The smallest absolute Gasteiger partial charge is 0.293 e. The van der Waals surface area contributed by atoms with Crippen LogP contribution in [0.25, 0.3) is 0 Å². The number of nitro benzene ring substituents is 1. The highest BCUT2D eigenvalue weighted by Crippen LogP contribution is 2.29. The highest BCUT2D eigenvalue weighted by Gasteiger charge is 2.21. The van der Waals surface area contributed by atoms with E-state index >= 15 is 0 Å². The van der Waals surface area contributed by atoms with Crippen molar-refractivity contribution in [3.8, 4) is 0 Å². The molecular formula is C19H19ClN4O5. The minimum Gasteiger partial charge on any atom is -0.386 e. The minimum atomic E-state index is -0.428. The molecule has 0 aliphatic carbocycles. The Hall–Kier alpha value is -3.17. The predicted molar refractivity (Wildman–Crippen MR) is 110 cm³/mol. The number of nitrogens with one attached hydrogen (secondary N) is 1. The lowest BCUT2D eigenvalue weighted by atomic mass is 10.1. The van der Waals surface area contributed by atoms with Gasteiger partial charge < -0.3 is 19.8 Å². The molecule has 1 aliphatic rings. The van der Waals surface area contributed by atoms with E-state index in [-0.39, 0.29) is 12.3 Å². The van der Waals surface area contributed by atoms with Crippen LogP contribution in [0, 0.1) is 10.1 Å². The third-order valence-electron chi connectivity index (χ3n) is 4.15. The molecule has 0 atom stereocenters. The summed E-state index contributed by atoms with van der Waals surface area (Å²) in [5.41, 5.74) is 1.60. The van der Waals surface area contributed by atoms with Gasteiger partial charge >= 0.3 is 0 Å². The summed E-state index contributed by atoms with van der Waals surface area (Å²) < 4.78 is 5.28. The molecule has 3 rings (SSSR count). The van der Waals surface area contributed by atoms with Crippen LogP contribution < -0.4 is 10.2 Å². The number of rotatable bonds is 7. The largest absolute Gasteiger partial charge is 0.386 e. The van der Waals surface area contributed by atoms with E-state index in [1.165, 1.54) is 12.3 Å². The van der Waals surface area contributed by atoms with Crippen molar-refractivity contribution in [1.82, 2.24) is 0 Å². The lowest BCUT2D eigenvalue weighted by molar-refractivity contribution is -0.384. The van der Waals surface area contributed by atoms with Crippen molar-refractivity contribution >= 4 is 40.8 Å². The Morgan fingerprint density at radius 1 is 1.28 bits per heavy atom. The summed E-state index contributed by atoms with van der Waals surface area (Å²) in [5.74, 6) is -0.391. The fourth-order valence-corrected chi connectivity index (χ4v) is 2.89. The number of carbonyl (C=O) groups is 1. The van der Waals surface area contributed by atoms with Crippen molar-refractivity contribution in [1.29, 1.82) is 0 Å². The van der Waals surface area contributed by atoms with Gasteiger partial charge in [0.05, 0.1) is 24.4 Å². The van der Waals surface area contributed by atoms with Crippen molar-refractivity contribution in [3.63, 3.8) is 0 Å². The number of anilines is 2. The van der Waals surface area contributed by atoms with Crippen molar-refractivity contribution < 1.29 is 19.3 Å². The molecule has 1 heterocycles. The summed E-state index contributed by atoms with van der Waals surface area (Å²) >= 11 is 5.79. The average Bonchev–Trinajstić information content (AvgIpc) is 2.73. The van der Waals surface area contributed by atoms with Crippen LogP contribution in [0.4, 0.5) is 17.1 Å². The van der Waals surface area contributed by atoms with E-state index in [0.29, 0.717) is 48.3 Å². The maximum atomic E-state index is 11.8. The molecule has 152 valence electrons. The first kappa shape index (κ1) is 20.6. The highest BCUT2D eigenvalue weighted by molar-refractivity contribution is 6.30. The van der Waals surface area contributed by atoms with Crippen LogP contribution in [0.15, 0.2) is 47.6 Å². The molecule has 2 aromatic carbocycles. The number of hydrogen-bond donors (Lipinski definition) is 1. The van der Waals surface area contributed by atoms with Crippen molar-refractivity contribution in [2.45, 2.75) is 0 Å². The van der Waals surface area contributed by atoms with Crippen LogP contribution in [0.5, 0.6) is 0 Å². The van der Waals surface area contributed by atoms with Gasteiger partial charge in [0, 0.05) is 35.4 Å². The third kappa shape index (κ3) is 5.90. The number of morpholine rings is 1. The molecule has 1 saturated heterocycles. The third-order valence-corrected chi connectivity index (χ3v) is 4.40. The van der Waals surface area contributed by atoms with E-state index in [1.54, 1.807) is 36.4 Å². The Kier molecular flexibility index (Phi) is 6.99. The van der Waals surface area contributed by atoms with Gasteiger partial charge in [-0.3, -0.25) is 14.9 Å². The van der Waals surface area contributed by atoms with E-state index in [4.69, 9.17) is 21.2 Å². The van der Waals surface area contributed by atoms with E-state index < -0.39 is 10.8 Å². The summed E-state index contributed by atoms with van der Waals surface area (Å²) in [6, 6.07) is 11.5. The molecule has 0 bridgehead atoms. The Morgan fingerprint density at radius 2 is 2.00 bits per heavy atom. The van der Waals surface area contributed by atoms with Gasteiger partial charge in [0.1, 0.15) is 5.69 Å². The Bertz CT molecular complexity index is 898. The van der Waals surface area contributed by atoms with Gasteiger partial charge in [0.2, 0.25) is 0 Å². The summed E-state index contributed by atoms with van der Waals surface area (Å²) in [5, 5.41) is 18.4. The first-order valence-electron chi connectivity index (χ1n) is 8.85. The Labute approximate surface area is 172 Å². The molecule has 0 spiro atoms. The number of hydrogen-bond acceptors (Lipinski definition) is 7. The van der Waals surface area contributed by atoms with E-state index in [0.717, 1.165) is 0 Å². The standard InChI is InChI=1S/C19H19ClN4O5/c20-15-2-4-16(5-3-15)22-19(25)13-29-21-12-14-1-6-17(18(11-14)24(26)27)23-7-9-28-10-8-23/h1-6,11-12H,7-10,13H2,(H,22,25)/b21-12-. The number of nitrogens with zero attached hydrogens (tertiary/aromatic N) is 3. The number of nitro groups is 1. The van der Waals surface area contributed by atoms with Gasteiger partial charge in [0.25, 0.3) is 11.6 Å². The molecule has 1 aliphatic heterocycles. The number of ether oxygens (including phenoxy) is 1. The molecule has 0 aromatic heterocycles. The van der Waals surface area contributed by atoms with Crippen LogP contribution in [-0.2, 0) is 14.4 Å². The maximum Gasteiger partial charge on any atom is 0.293 e. The molecule has 1 amide bonds. The van der Waals surface area contributed by atoms with E-state index in [9.17, 15) is 14.9 Å². The van der Waals surface area contributed by atoms with Gasteiger partial charge in [-0.25, -0.2) is 0 Å². The van der Waals surface area contributed by atoms with Crippen LogP contribution >= 0.6 is 11.6 Å². The van der Waals surface area contributed by atoms with Gasteiger partial charge in [-0.05, 0) is 30.3 Å². The number of oxime groups is 1. The second-order valence-electron chi connectivity index (χ2n) is 6.17. The molecule has 10 heteroatoms. The van der Waals surface area contributed by atoms with Crippen molar-refractivity contribution in [2.24, 2.45) is 5.16 Å². The van der Waals surface area contributed by atoms with E-state index in [1.807, 2.05) is 4.90 Å². The summed E-state index contributed by atoms with van der Waals surface area (Å²) in [6.07, 6.45) is 1.33. The summed E-state index contributed by atoms with van der Waals surface area (Å²) in [7, 11) is 0. The van der Waals surface area contributed by atoms with Crippen molar-refractivity contribution in [2.75, 3.05) is 43.1 Å². The predicted octanol–water partition coefficient (Wildman–Crippen LogP) is 3.07. The number of carbonyl (C=O) groups excluding carboxylic acids is 1. The quantitative estimate of drug-likeness (QED) is 0.420. The number of amides is 1. The lowest BCUT2D eigenvalue weighted by Crippen LogP contribution is -2.36. The van der Waals surface area contributed by atoms with Crippen LogP contribution in [0.1, 0.15) is 5.56 Å². The van der Waals surface area contributed by atoms with Gasteiger partial charge in [0.15, 0.2) is 6.61 Å². The summed E-state index contributed by atoms with van der Waals surface area (Å²) in [6.45, 7) is 1.96. The minimum absolute atomic E-state index is 0.0173. The number of benzene rings is 2. The molecule has 2 aromatic rings. The molecular weight excluding hydrogens is 400 g/mol. The fraction of sp³-hybridized carbons (Fsp3) is 0.263. The molecule has 0 radical (unpaired) electrons. The molecule has 1 N–H and O–H groups in total. The first-order chi connectivity index (χ1) is 14.0. The summed E-state index contributed by atoms with van der Waals surface area (Å²) in [4.78, 5) is 29.7. The van der Waals surface area contributed by atoms with Crippen LogP contribution in [0.3, 0.4) is 0 Å².